The zero-order valence-electron chi connectivity index (χ0n) is 15.3. The Morgan fingerprint density at radius 2 is 2.04 bits per heavy atom. The van der Waals surface area contributed by atoms with Crippen LogP contribution in [0, 0.1) is 0 Å². The number of hydrogen-bond donors (Lipinski definition) is 0. The molecule has 4 rings (SSSR count). The van der Waals surface area contributed by atoms with Crippen molar-refractivity contribution in [2.24, 2.45) is 7.05 Å². The van der Waals surface area contributed by atoms with E-state index in [-0.39, 0.29) is 17.2 Å². The molecule has 148 valence electrons. The number of thiophene rings is 2. The zero-order chi connectivity index (χ0) is 19.7. The molecule has 3 aromatic rings. The minimum absolute atomic E-state index is 0.0581. The second kappa shape index (κ2) is 8.54. The van der Waals surface area contributed by atoms with Gasteiger partial charge in [-0.1, -0.05) is 23.4 Å². The van der Waals surface area contributed by atoms with Crippen LogP contribution in [-0.2, 0) is 18.4 Å². The van der Waals surface area contributed by atoms with Gasteiger partial charge in [-0.05, 0) is 23.6 Å². The van der Waals surface area contributed by atoms with Crippen molar-refractivity contribution in [3.05, 3.63) is 43.1 Å². The molecule has 0 unspecified atom stereocenters. The SMILES string of the molecule is Cn1c(SCC(=O)N2CCN(Cc3ccc(Cl)s3)CC2)nc2ccsc2c1=O. The summed E-state index contributed by atoms with van der Waals surface area (Å²) in [6.07, 6.45) is 0. The summed E-state index contributed by atoms with van der Waals surface area (Å²) >= 11 is 10.3. The molecule has 10 heteroatoms. The summed E-state index contributed by atoms with van der Waals surface area (Å²) in [5.41, 5.74) is 0.641. The average molecular weight is 455 g/mol. The van der Waals surface area contributed by atoms with Crippen LogP contribution in [0.3, 0.4) is 0 Å². The van der Waals surface area contributed by atoms with Crippen molar-refractivity contribution < 1.29 is 4.79 Å². The number of thioether (sulfide) groups is 1. The number of amides is 1. The number of halogens is 1. The fourth-order valence-electron chi connectivity index (χ4n) is 3.13. The molecule has 1 amide bonds. The van der Waals surface area contributed by atoms with Gasteiger partial charge in [0.2, 0.25) is 5.91 Å². The molecule has 0 radical (unpaired) electrons. The van der Waals surface area contributed by atoms with E-state index in [1.807, 2.05) is 22.4 Å². The molecule has 28 heavy (non-hydrogen) atoms. The summed E-state index contributed by atoms with van der Waals surface area (Å²) in [4.78, 5) is 35.0. The molecule has 0 aromatic carbocycles. The predicted octanol–water partition coefficient (Wildman–Crippen LogP) is 3.15. The number of piperazine rings is 1. The van der Waals surface area contributed by atoms with Gasteiger partial charge in [-0.15, -0.1) is 22.7 Å². The minimum atomic E-state index is -0.0581. The first kappa shape index (κ1) is 19.9. The molecule has 1 saturated heterocycles. The van der Waals surface area contributed by atoms with Crippen LogP contribution in [0.25, 0.3) is 10.2 Å². The van der Waals surface area contributed by atoms with Gasteiger partial charge in [0, 0.05) is 44.6 Å². The molecule has 0 N–H and O–H groups in total. The Balaban J connectivity index is 1.31. The van der Waals surface area contributed by atoms with Crippen LogP contribution in [0.5, 0.6) is 0 Å². The smallest absolute Gasteiger partial charge is 0.271 e. The Kier molecular flexibility index (Phi) is 6.07. The third kappa shape index (κ3) is 4.28. The second-order valence-electron chi connectivity index (χ2n) is 6.54. The van der Waals surface area contributed by atoms with Crippen molar-refractivity contribution in [3.8, 4) is 0 Å². The van der Waals surface area contributed by atoms with E-state index in [1.54, 1.807) is 18.4 Å². The monoisotopic (exact) mass is 454 g/mol. The lowest BCUT2D eigenvalue weighted by Gasteiger charge is -2.34. The first-order valence-electron chi connectivity index (χ1n) is 8.82. The van der Waals surface area contributed by atoms with Crippen LogP contribution in [0.4, 0.5) is 0 Å². The van der Waals surface area contributed by atoms with Gasteiger partial charge in [0.1, 0.15) is 4.70 Å². The highest BCUT2D eigenvalue weighted by atomic mass is 35.5. The van der Waals surface area contributed by atoms with Gasteiger partial charge in [-0.3, -0.25) is 19.1 Å². The fourth-order valence-corrected chi connectivity index (χ4v) is 5.94. The van der Waals surface area contributed by atoms with E-state index in [4.69, 9.17) is 11.6 Å². The minimum Gasteiger partial charge on any atom is -0.339 e. The molecular formula is C18H19ClN4O2S3. The van der Waals surface area contributed by atoms with Gasteiger partial charge < -0.3 is 4.90 Å². The van der Waals surface area contributed by atoms with E-state index < -0.39 is 0 Å². The van der Waals surface area contributed by atoms with E-state index in [0.29, 0.717) is 28.5 Å². The number of hydrogen-bond acceptors (Lipinski definition) is 7. The summed E-state index contributed by atoms with van der Waals surface area (Å²) in [6, 6.07) is 5.82. The fraction of sp³-hybridized carbons (Fsp3) is 0.389. The van der Waals surface area contributed by atoms with Gasteiger partial charge in [-0.25, -0.2) is 4.98 Å². The summed E-state index contributed by atoms with van der Waals surface area (Å²) < 4.78 is 2.99. The number of fused-ring (bicyclic) bond motifs is 1. The van der Waals surface area contributed by atoms with Crippen molar-refractivity contribution in [3.63, 3.8) is 0 Å². The average Bonchev–Trinajstić information content (AvgIpc) is 3.32. The molecule has 1 aliphatic heterocycles. The second-order valence-corrected chi connectivity index (χ2v) is 10.2. The van der Waals surface area contributed by atoms with Crippen molar-refractivity contribution >= 4 is 62.2 Å². The maximum atomic E-state index is 12.6. The standard InChI is InChI=1S/C18H19ClN4O2S3/c1-21-17(25)16-13(4-9-26-16)20-18(21)27-11-15(24)23-7-5-22(6-8-23)10-12-2-3-14(19)28-12/h2-4,9H,5-8,10-11H2,1H3. The third-order valence-corrected chi connectivity index (χ3v) is 7.83. The van der Waals surface area contributed by atoms with E-state index in [9.17, 15) is 9.59 Å². The first-order chi connectivity index (χ1) is 13.5. The Labute approximate surface area is 179 Å². The van der Waals surface area contributed by atoms with Gasteiger partial charge in [0.25, 0.3) is 5.56 Å². The van der Waals surface area contributed by atoms with Crippen molar-refractivity contribution in [1.82, 2.24) is 19.4 Å². The number of aromatic nitrogens is 2. The van der Waals surface area contributed by atoms with Crippen LogP contribution >= 0.6 is 46.0 Å². The summed E-state index contributed by atoms with van der Waals surface area (Å²) in [5, 5.41) is 2.44. The highest BCUT2D eigenvalue weighted by Gasteiger charge is 2.22. The lowest BCUT2D eigenvalue weighted by atomic mass is 10.3. The summed E-state index contributed by atoms with van der Waals surface area (Å²) in [6.45, 7) is 4.01. The molecule has 4 heterocycles. The molecule has 0 aliphatic carbocycles. The Hall–Kier alpha value is -1.39. The maximum Gasteiger partial charge on any atom is 0.271 e. The lowest BCUT2D eigenvalue weighted by molar-refractivity contribution is -0.130. The molecule has 3 aromatic heterocycles. The molecular weight excluding hydrogens is 436 g/mol. The first-order valence-corrected chi connectivity index (χ1v) is 11.9. The van der Waals surface area contributed by atoms with Crippen molar-refractivity contribution in [2.75, 3.05) is 31.9 Å². The Morgan fingerprint density at radius 3 is 2.75 bits per heavy atom. The van der Waals surface area contributed by atoms with Gasteiger partial charge in [0.05, 0.1) is 15.6 Å². The van der Waals surface area contributed by atoms with Crippen LogP contribution in [0.1, 0.15) is 4.88 Å². The largest absolute Gasteiger partial charge is 0.339 e. The molecule has 6 nitrogen and oxygen atoms in total. The van der Waals surface area contributed by atoms with Crippen LogP contribution in [-0.4, -0.2) is 57.2 Å². The van der Waals surface area contributed by atoms with Gasteiger partial charge in [-0.2, -0.15) is 0 Å². The molecule has 0 atom stereocenters. The van der Waals surface area contributed by atoms with Crippen LogP contribution in [0.15, 0.2) is 33.5 Å². The number of nitrogens with zero attached hydrogens (tertiary/aromatic N) is 4. The highest BCUT2D eigenvalue weighted by molar-refractivity contribution is 7.99. The third-order valence-electron chi connectivity index (χ3n) is 4.70. The van der Waals surface area contributed by atoms with Crippen LogP contribution < -0.4 is 5.56 Å². The molecule has 1 fully saturated rings. The molecule has 1 aliphatic rings. The topological polar surface area (TPSA) is 58.4 Å². The Morgan fingerprint density at radius 1 is 1.25 bits per heavy atom. The lowest BCUT2D eigenvalue weighted by Crippen LogP contribution is -2.48. The van der Waals surface area contributed by atoms with Crippen LogP contribution in [0.2, 0.25) is 4.34 Å². The van der Waals surface area contributed by atoms with E-state index in [0.717, 1.165) is 24.0 Å². The number of rotatable bonds is 5. The molecule has 0 bridgehead atoms. The number of carbonyl (C=O) groups excluding carboxylic acids is 1. The zero-order valence-corrected chi connectivity index (χ0v) is 18.5. The van der Waals surface area contributed by atoms with Crippen molar-refractivity contribution in [2.45, 2.75) is 11.7 Å². The molecule has 0 spiro atoms. The number of carbonyl (C=O) groups is 1. The van der Waals surface area contributed by atoms with Gasteiger partial charge >= 0.3 is 0 Å². The normalized spacial score (nSPS) is 15.4. The van der Waals surface area contributed by atoms with E-state index >= 15 is 0 Å². The quantitative estimate of drug-likeness (QED) is 0.438. The molecule has 0 saturated carbocycles. The summed E-state index contributed by atoms with van der Waals surface area (Å²) in [5.74, 6) is 0.375. The van der Waals surface area contributed by atoms with E-state index in [1.165, 1.54) is 32.5 Å². The predicted molar refractivity (Wildman–Crippen MR) is 117 cm³/mol. The summed E-state index contributed by atoms with van der Waals surface area (Å²) in [7, 11) is 1.71. The maximum absolute atomic E-state index is 12.6. The van der Waals surface area contributed by atoms with Gasteiger partial charge in [0.15, 0.2) is 5.16 Å². The van der Waals surface area contributed by atoms with E-state index in [2.05, 4.69) is 16.0 Å². The highest BCUT2D eigenvalue weighted by Crippen LogP contribution is 2.24. The Bertz CT molecular complexity index is 1050. The van der Waals surface area contributed by atoms with Crippen molar-refractivity contribution in [1.29, 1.82) is 0 Å².